The third kappa shape index (κ3) is 4.85. The Bertz CT molecular complexity index is 367. The fourth-order valence-corrected chi connectivity index (χ4v) is 2.30. The summed E-state index contributed by atoms with van der Waals surface area (Å²) in [5.74, 6) is -1.20. The number of carbonyl (C=O) groups is 2. The summed E-state index contributed by atoms with van der Waals surface area (Å²) < 4.78 is 0. The molecule has 2 atom stereocenters. The van der Waals surface area contributed by atoms with Gasteiger partial charge < -0.3 is 20.5 Å². The van der Waals surface area contributed by atoms with Crippen molar-refractivity contribution in [3.63, 3.8) is 0 Å². The molecule has 0 aromatic rings. The van der Waals surface area contributed by atoms with E-state index in [9.17, 15) is 14.7 Å². The van der Waals surface area contributed by atoms with Crippen molar-refractivity contribution < 1.29 is 54.3 Å². The summed E-state index contributed by atoms with van der Waals surface area (Å²) in [5.41, 5.74) is -1.15. The maximum Gasteiger partial charge on any atom is 1.00 e. The van der Waals surface area contributed by atoms with Crippen LogP contribution in [0.15, 0.2) is 4.99 Å². The quantitative estimate of drug-likeness (QED) is 0.357. The second-order valence-corrected chi connectivity index (χ2v) is 4.31. The zero-order valence-corrected chi connectivity index (χ0v) is 14.3. The number of nitrogens with one attached hydrogen (secondary N) is 1. The smallest absolute Gasteiger partial charge is 0.846 e. The third-order valence-electron chi connectivity index (χ3n) is 3.33. The van der Waals surface area contributed by atoms with Gasteiger partial charge in [0, 0.05) is 0 Å². The number of amides is 2. The first-order valence-corrected chi connectivity index (χ1v) is 6.12. The van der Waals surface area contributed by atoms with Crippen LogP contribution in [0.3, 0.4) is 0 Å². The van der Waals surface area contributed by atoms with E-state index < -0.39 is 23.3 Å². The molecule has 1 aliphatic heterocycles. The molecule has 3 N–H and O–H groups in total. The molecule has 107 valence electrons. The molecule has 0 saturated heterocycles. The van der Waals surface area contributed by atoms with E-state index in [1.54, 1.807) is 6.92 Å². The average Bonchev–Trinajstić information content (AvgIpc) is 2.30. The van der Waals surface area contributed by atoms with Crippen LogP contribution >= 0.6 is 0 Å². The van der Waals surface area contributed by atoms with Crippen LogP contribution in [-0.4, -0.2) is 35.6 Å². The second kappa shape index (κ2) is 10.3. The number of carbonyl (C=O) groups excluding carboxylic acids is 2. The molecule has 1 heterocycles. The third-order valence-corrected chi connectivity index (χ3v) is 3.33. The Morgan fingerprint density at radius 1 is 1.40 bits per heavy atom. The predicted octanol–water partition coefficient (Wildman–Crippen LogP) is -4.30. The summed E-state index contributed by atoms with van der Waals surface area (Å²) >= 11 is 0. The Kier molecular flexibility index (Phi) is 11.3. The Balaban J connectivity index is 0. The fourth-order valence-electron chi connectivity index (χ4n) is 2.30. The largest absolute Gasteiger partial charge is 1.00 e. The second-order valence-electron chi connectivity index (χ2n) is 4.31. The molecule has 0 aromatic carbocycles. The molecule has 0 fully saturated rings. The van der Waals surface area contributed by atoms with Gasteiger partial charge in [0.05, 0.1) is 6.02 Å². The number of aliphatic imine (C=N–C) groups is 1. The molecule has 2 amide bonds. The summed E-state index contributed by atoms with van der Waals surface area (Å²) in [4.78, 5) is 27.1. The van der Waals surface area contributed by atoms with Crippen LogP contribution in [0.25, 0.3) is 0 Å². The van der Waals surface area contributed by atoms with Gasteiger partial charge in [-0.15, -0.1) is 0 Å². The summed E-state index contributed by atoms with van der Waals surface area (Å²) in [6.07, 6.45) is 2.02. The van der Waals surface area contributed by atoms with Gasteiger partial charge in [-0.25, -0.2) is 4.99 Å². The molecule has 0 spiro atoms. The number of hydrogen-bond acceptors (Lipinski definition) is 5. The van der Waals surface area contributed by atoms with Crippen molar-refractivity contribution in [2.24, 2.45) is 16.3 Å². The maximum atomic E-state index is 11.9. The molecule has 0 bridgehead atoms. The van der Waals surface area contributed by atoms with E-state index in [0.29, 0.717) is 6.42 Å². The molecule has 0 aromatic heterocycles. The number of rotatable bonds is 4. The average molecular weight is 293 g/mol. The molecular weight excluding hydrogens is 274 g/mol. The first kappa shape index (κ1) is 21.9. The minimum Gasteiger partial charge on any atom is -0.846 e. The topological polar surface area (TPSA) is 122 Å². The van der Waals surface area contributed by atoms with Crippen molar-refractivity contribution in [3.8, 4) is 0 Å². The van der Waals surface area contributed by atoms with Crippen molar-refractivity contribution in [2.75, 3.05) is 0 Å². The van der Waals surface area contributed by atoms with Gasteiger partial charge in [0.15, 0.2) is 0 Å². The van der Waals surface area contributed by atoms with Crippen LogP contribution in [-0.2, 0) is 9.59 Å². The van der Waals surface area contributed by atoms with Crippen molar-refractivity contribution in [2.45, 2.75) is 40.0 Å². The van der Waals surface area contributed by atoms with Gasteiger partial charge in [-0.05, 0) is 18.8 Å². The summed E-state index contributed by atoms with van der Waals surface area (Å²) in [6.45, 7) is 5.62. The molecule has 1 radical (unpaired) electrons. The van der Waals surface area contributed by atoms with E-state index in [-0.39, 0.29) is 43.2 Å². The van der Waals surface area contributed by atoms with Crippen molar-refractivity contribution in [1.82, 2.24) is 5.32 Å². The fraction of sp³-hybridized carbons (Fsp3) is 0.727. The first-order valence-electron chi connectivity index (χ1n) is 6.12. The standard InChI is InChI=1S/C11H18N2O3.BH2O2.Na/c1-4-6-7(3)11(5-2)8(14)12-10(16)13-9(11)15;2-1-3;/h7H,4-6H2,1-3H3,(H2,12,13,14,15,16);2-3H;/q;;+1/p-1. The van der Waals surface area contributed by atoms with E-state index in [1.807, 2.05) is 13.8 Å². The normalized spacial score (nSPS) is 22.6. The molecule has 1 rings (SSSR count). The minimum atomic E-state index is -1.15. The summed E-state index contributed by atoms with van der Waals surface area (Å²) in [5, 5.41) is 27.1. The number of amidine groups is 1. The first-order chi connectivity index (χ1) is 8.90. The van der Waals surface area contributed by atoms with Crippen molar-refractivity contribution in [1.29, 1.82) is 0 Å². The van der Waals surface area contributed by atoms with Crippen LogP contribution in [0.5, 0.6) is 0 Å². The maximum absolute atomic E-state index is 11.9. The van der Waals surface area contributed by atoms with E-state index in [0.717, 1.165) is 12.8 Å². The molecule has 9 heteroatoms. The number of hydrogen-bond donors (Lipinski definition) is 3. The van der Waals surface area contributed by atoms with Crippen LogP contribution in [0.4, 0.5) is 0 Å². The zero-order valence-electron chi connectivity index (χ0n) is 12.3. The van der Waals surface area contributed by atoms with E-state index in [1.165, 1.54) is 0 Å². The predicted molar refractivity (Wildman–Crippen MR) is 67.6 cm³/mol. The molecule has 7 nitrogen and oxygen atoms in total. The van der Waals surface area contributed by atoms with Crippen molar-refractivity contribution in [3.05, 3.63) is 0 Å². The van der Waals surface area contributed by atoms with Crippen LogP contribution < -0.4 is 40.0 Å². The Morgan fingerprint density at radius 2 is 1.90 bits per heavy atom. The van der Waals surface area contributed by atoms with Crippen LogP contribution in [0.1, 0.15) is 40.0 Å². The van der Waals surface area contributed by atoms with E-state index in [2.05, 4.69) is 10.3 Å². The number of nitrogens with zero attached hydrogens (tertiary/aromatic N) is 1. The summed E-state index contributed by atoms with van der Waals surface area (Å²) in [6, 6.07) is -0.845. The molecule has 1 aliphatic rings. The van der Waals surface area contributed by atoms with Gasteiger partial charge in [0.1, 0.15) is 5.41 Å². The van der Waals surface area contributed by atoms with Gasteiger partial charge in [-0.1, -0.05) is 27.2 Å². The molecular formula is C11H19BN2NaO5. The summed E-state index contributed by atoms with van der Waals surface area (Å²) in [7, 11) is 0. The van der Waals surface area contributed by atoms with Gasteiger partial charge in [-0.3, -0.25) is 9.59 Å². The van der Waals surface area contributed by atoms with Crippen molar-refractivity contribution >= 4 is 25.5 Å². The Labute approximate surface area is 141 Å². The zero-order chi connectivity index (χ0) is 15.1. The van der Waals surface area contributed by atoms with Gasteiger partial charge in [0.2, 0.25) is 5.91 Å². The molecule has 2 unspecified atom stereocenters. The SMILES string of the molecule is CCCC(C)C1(CC)C(=O)N=C([O-])NC1=O.O[B]O.[Na+]. The minimum absolute atomic E-state index is 0. The van der Waals surface area contributed by atoms with E-state index in [4.69, 9.17) is 10.0 Å². The molecule has 20 heavy (non-hydrogen) atoms. The molecule has 0 aliphatic carbocycles. The van der Waals surface area contributed by atoms with Crippen LogP contribution in [0.2, 0.25) is 0 Å². The monoisotopic (exact) mass is 293 g/mol. The van der Waals surface area contributed by atoms with Gasteiger partial charge >= 0.3 is 37.2 Å². The van der Waals surface area contributed by atoms with E-state index >= 15 is 0 Å². The van der Waals surface area contributed by atoms with Gasteiger partial charge in [-0.2, -0.15) is 0 Å². The van der Waals surface area contributed by atoms with Crippen LogP contribution in [0, 0.1) is 11.3 Å². The molecule has 0 saturated carbocycles. The Hall–Kier alpha value is -0.405. The Morgan fingerprint density at radius 3 is 2.25 bits per heavy atom. The van der Waals surface area contributed by atoms with Gasteiger partial charge in [0.25, 0.3) is 5.91 Å².